The van der Waals surface area contributed by atoms with E-state index >= 15 is 0 Å². The highest BCUT2D eigenvalue weighted by Gasteiger charge is 2.10. The monoisotopic (exact) mass is 152 g/mol. The van der Waals surface area contributed by atoms with Crippen molar-refractivity contribution >= 4 is 0 Å². The molecule has 11 heavy (non-hydrogen) atoms. The van der Waals surface area contributed by atoms with Gasteiger partial charge in [0.05, 0.1) is 0 Å². The van der Waals surface area contributed by atoms with Crippen molar-refractivity contribution in [3.8, 4) is 5.75 Å². The van der Waals surface area contributed by atoms with E-state index in [4.69, 9.17) is 5.11 Å². The van der Waals surface area contributed by atoms with Crippen molar-refractivity contribution in [1.82, 2.24) is 4.98 Å². The van der Waals surface area contributed by atoms with Gasteiger partial charge >= 0.3 is 0 Å². The van der Waals surface area contributed by atoms with Crippen LogP contribution in [-0.4, -0.2) is 10.1 Å². The lowest BCUT2D eigenvalue weighted by atomic mass is 10.2. The Hall–Kier alpha value is -1.45. The van der Waals surface area contributed by atoms with Crippen LogP contribution in [0.3, 0.4) is 0 Å². The minimum Gasteiger partial charge on any atom is -0.506 e. The summed E-state index contributed by atoms with van der Waals surface area (Å²) in [5.74, 6) is 0.0135. The van der Waals surface area contributed by atoms with Gasteiger partial charge in [-0.05, 0) is 19.1 Å². The van der Waals surface area contributed by atoms with Crippen molar-refractivity contribution in [3.63, 3.8) is 0 Å². The number of pyridine rings is 1. The van der Waals surface area contributed by atoms with E-state index < -0.39 is 6.04 Å². The van der Waals surface area contributed by atoms with Gasteiger partial charge in [0.1, 0.15) is 17.5 Å². The second kappa shape index (κ2) is 3.09. The molecule has 0 aromatic carbocycles. The quantitative estimate of drug-likeness (QED) is 0.655. The van der Waals surface area contributed by atoms with Gasteiger partial charge < -0.3 is 5.11 Å². The fourth-order valence-corrected chi connectivity index (χ4v) is 0.781. The molecular weight excluding hydrogens is 144 g/mol. The van der Waals surface area contributed by atoms with Gasteiger partial charge in [0.2, 0.25) is 0 Å². The van der Waals surface area contributed by atoms with Crippen LogP contribution in [0.5, 0.6) is 5.75 Å². The van der Waals surface area contributed by atoms with E-state index in [0.29, 0.717) is 5.69 Å². The van der Waals surface area contributed by atoms with E-state index in [2.05, 4.69) is 10.2 Å². The Morgan fingerprint density at radius 1 is 1.73 bits per heavy atom. The average Bonchev–Trinajstić information content (AvgIpc) is 2.04. The summed E-state index contributed by atoms with van der Waals surface area (Å²) in [4.78, 5) is 13.9. The van der Waals surface area contributed by atoms with Crippen molar-refractivity contribution in [2.45, 2.75) is 13.0 Å². The summed E-state index contributed by atoms with van der Waals surface area (Å²) >= 11 is 0. The molecule has 0 radical (unpaired) electrons. The van der Waals surface area contributed by atoms with E-state index in [0.717, 1.165) is 0 Å². The average molecular weight is 152 g/mol. The maximum atomic E-state index is 10.1. The fourth-order valence-electron chi connectivity index (χ4n) is 0.781. The number of aromatic nitrogens is 1. The summed E-state index contributed by atoms with van der Waals surface area (Å²) in [6.07, 6.45) is 1.51. The minimum atomic E-state index is -0.587. The maximum absolute atomic E-state index is 10.1. The van der Waals surface area contributed by atoms with Gasteiger partial charge in [-0.25, -0.2) is 0 Å². The molecule has 1 aromatic heterocycles. The molecule has 4 heteroatoms. The molecule has 0 saturated carbocycles. The molecule has 1 N–H and O–H groups in total. The van der Waals surface area contributed by atoms with Crippen molar-refractivity contribution in [3.05, 3.63) is 28.9 Å². The number of hydrogen-bond donors (Lipinski definition) is 1. The zero-order valence-electron chi connectivity index (χ0n) is 6.06. The van der Waals surface area contributed by atoms with Gasteiger partial charge in [-0.1, -0.05) is 5.18 Å². The Morgan fingerprint density at radius 2 is 2.45 bits per heavy atom. The van der Waals surface area contributed by atoms with Crippen LogP contribution in [0.4, 0.5) is 0 Å². The molecule has 4 nitrogen and oxygen atoms in total. The SMILES string of the molecule is CC(N=O)c1ncccc1O. The summed E-state index contributed by atoms with van der Waals surface area (Å²) in [5.41, 5.74) is 0.322. The van der Waals surface area contributed by atoms with Gasteiger partial charge in [-0.3, -0.25) is 4.98 Å². The fraction of sp³-hybridized carbons (Fsp3) is 0.286. The lowest BCUT2D eigenvalue weighted by Crippen LogP contribution is -1.92. The molecule has 0 aliphatic heterocycles. The second-order valence-electron chi connectivity index (χ2n) is 2.19. The molecule has 0 bridgehead atoms. The number of hydrogen-bond acceptors (Lipinski definition) is 4. The zero-order chi connectivity index (χ0) is 8.27. The first-order valence-electron chi connectivity index (χ1n) is 3.22. The van der Waals surface area contributed by atoms with E-state index in [1.807, 2.05) is 0 Å². The van der Waals surface area contributed by atoms with Crippen molar-refractivity contribution in [2.75, 3.05) is 0 Å². The van der Waals surface area contributed by atoms with Crippen LogP contribution < -0.4 is 0 Å². The molecule has 0 aliphatic carbocycles. The summed E-state index contributed by atoms with van der Waals surface area (Å²) < 4.78 is 0. The molecule has 1 atom stereocenters. The first-order valence-corrected chi connectivity index (χ1v) is 3.22. The molecular formula is C7H8N2O2. The van der Waals surface area contributed by atoms with E-state index in [9.17, 15) is 4.91 Å². The van der Waals surface area contributed by atoms with Crippen LogP contribution in [0.15, 0.2) is 23.5 Å². The Kier molecular flexibility index (Phi) is 2.15. The standard InChI is InChI=1S/C7H8N2O2/c1-5(9-11)7-6(10)3-2-4-8-7/h2-5,10H,1H3. The molecule has 1 heterocycles. The van der Waals surface area contributed by atoms with E-state index in [-0.39, 0.29) is 5.75 Å². The first-order chi connectivity index (χ1) is 5.25. The number of rotatable bonds is 2. The highest BCUT2D eigenvalue weighted by atomic mass is 16.3. The van der Waals surface area contributed by atoms with Crippen molar-refractivity contribution < 1.29 is 5.11 Å². The van der Waals surface area contributed by atoms with Crippen LogP contribution in [0, 0.1) is 4.91 Å². The molecule has 0 amide bonds. The van der Waals surface area contributed by atoms with E-state index in [1.54, 1.807) is 13.0 Å². The highest BCUT2D eigenvalue weighted by molar-refractivity contribution is 5.27. The van der Waals surface area contributed by atoms with Crippen LogP contribution in [0.1, 0.15) is 18.7 Å². The highest BCUT2D eigenvalue weighted by Crippen LogP contribution is 2.22. The zero-order valence-corrected chi connectivity index (χ0v) is 6.06. The molecule has 0 spiro atoms. The third-order valence-electron chi connectivity index (χ3n) is 1.37. The maximum Gasteiger partial charge on any atom is 0.139 e. The minimum absolute atomic E-state index is 0.0135. The Bertz CT molecular complexity index is 262. The molecule has 0 aliphatic rings. The summed E-state index contributed by atoms with van der Waals surface area (Å²) in [6.45, 7) is 1.58. The van der Waals surface area contributed by atoms with Crippen LogP contribution in [0.25, 0.3) is 0 Å². The van der Waals surface area contributed by atoms with Gasteiger partial charge in [0, 0.05) is 6.20 Å². The predicted octanol–water partition coefficient (Wildman–Crippen LogP) is 1.61. The van der Waals surface area contributed by atoms with Gasteiger partial charge in [-0.15, -0.1) is 0 Å². The lowest BCUT2D eigenvalue weighted by molar-refractivity contribution is 0.458. The molecule has 0 saturated heterocycles. The van der Waals surface area contributed by atoms with Crippen LogP contribution >= 0.6 is 0 Å². The predicted molar refractivity (Wildman–Crippen MR) is 40.1 cm³/mol. The normalized spacial score (nSPS) is 12.5. The van der Waals surface area contributed by atoms with Gasteiger partial charge in [-0.2, -0.15) is 4.91 Å². The van der Waals surface area contributed by atoms with E-state index in [1.165, 1.54) is 12.3 Å². The van der Waals surface area contributed by atoms with Crippen molar-refractivity contribution in [2.24, 2.45) is 5.18 Å². The topological polar surface area (TPSA) is 62.5 Å². The largest absolute Gasteiger partial charge is 0.506 e. The van der Waals surface area contributed by atoms with Crippen molar-refractivity contribution in [1.29, 1.82) is 0 Å². The Balaban J connectivity index is 3.02. The Morgan fingerprint density at radius 3 is 3.00 bits per heavy atom. The second-order valence-corrected chi connectivity index (χ2v) is 2.19. The first kappa shape index (κ1) is 7.65. The van der Waals surface area contributed by atoms with Crippen LogP contribution in [-0.2, 0) is 0 Å². The molecule has 58 valence electrons. The molecule has 1 rings (SSSR count). The molecule has 1 aromatic rings. The number of aromatic hydroxyl groups is 1. The summed E-state index contributed by atoms with van der Waals surface area (Å²) in [6, 6.07) is 2.48. The van der Waals surface area contributed by atoms with Crippen LogP contribution in [0.2, 0.25) is 0 Å². The number of nitrogens with zero attached hydrogens (tertiary/aromatic N) is 2. The lowest BCUT2D eigenvalue weighted by Gasteiger charge is -2.02. The smallest absolute Gasteiger partial charge is 0.139 e. The molecule has 1 unspecified atom stereocenters. The third kappa shape index (κ3) is 1.52. The molecule has 0 fully saturated rings. The summed E-state index contributed by atoms with van der Waals surface area (Å²) in [5, 5.41) is 11.9. The Labute approximate surface area is 63.9 Å². The summed E-state index contributed by atoms with van der Waals surface area (Å²) in [7, 11) is 0. The third-order valence-corrected chi connectivity index (χ3v) is 1.37. The van der Waals surface area contributed by atoms with Gasteiger partial charge in [0.25, 0.3) is 0 Å². The van der Waals surface area contributed by atoms with Gasteiger partial charge in [0.15, 0.2) is 0 Å². The number of nitroso groups, excluding NO2 is 1.